The van der Waals surface area contributed by atoms with Crippen LogP contribution in [0.3, 0.4) is 0 Å². The fraction of sp³-hybridized carbons (Fsp3) is 0.0952. The van der Waals surface area contributed by atoms with Crippen molar-refractivity contribution < 1.29 is 9.90 Å². The van der Waals surface area contributed by atoms with Gasteiger partial charge in [-0.25, -0.2) is 4.79 Å². The number of nitrogens with one attached hydrogen (secondary N) is 2. The first-order valence-corrected chi connectivity index (χ1v) is 8.99. The second-order valence-electron chi connectivity index (χ2n) is 6.37. The number of carboxylic acid groups (broad SMARTS) is 1. The Morgan fingerprint density at radius 1 is 1.19 bits per heavy atom. The van der Waals surface area contributed by atoms with Gasteiger partial charge in [0, 0.05) is 44.5 Å². The van der Waals surface area contributed by atoms with Gasteiger partial charge in [0.25, 0.3) is 0 Å². The predicted molar refractivity (Wildman–Crippen MR) is 109 cm³/mol. The van der Waals surface area contributed by atoms with E-state index in [1.54, 1.807) is 18.2 Å². The number of carboxylic acids is 1. The maximum atomic E-state index is 12.0. The Morgan fingerprint density at radius 3 is 2.74 bits per heavy atom. The zero-order valence-electron chi connectivity index (χ0n) is 14.6. The van der Waals surface area contributed by atoms with Crippen LogP contribution in [0.25, 0.3) is 33.3 Å². The van der Waals surface area contributed by atoms with Crippen molar-refractivity contribution in [1.82, 2.24) is 9.97 Å². The number of halogens is 1. The lowest BCUT2D eigenvalue weighted by molar-refractivity contribution is 0.0692. The first-order chi connectivity index (χ1) is 13.0. The SMILES string of the molecule is CCc1c(-c2cccc3[nH]ccc23)[nH]c(C(=O)O)c1-c1cc(N)ccc1Cl. The third kappa shape index (κ3) is 2.76. The first-order valence-electron chi connectivity index (χ1n) is 8.61. The van der Waals surface area contributed by atoms with Crippen molar-refractivity contribution in [1.29, 1.82) is 0 Å². The average Bonchev–Trinajstić information content (AvgIpc) is 3.27. The van der Waals surface area contributed by atoms with E-state index in [4.69, 9.17) is 17.3 Å². The van der Waals surface area contributed by atoms with Crippen LogP contribution in [0.4, 0.5) is 5.69 Å². The molecular formula is C21H18ClN3O2. The van der Waals surface area contributed by atoms with Crippen molar-refractivity contribution in [3.05, 3.63) is 64.9 Å². The maximum absolute atomic E-state index is 12.0. The molecule has 2 heterocycles. The zero-order valence-corrected chi connectivity index (χ0v) is 15.4. The fourth-order valence-electron chi connectivity index (χ4n) is 3.62. The normalized spacial score (nSPS) is 11.2. The summed E-state index contributed by atoms with van der Waals surface area (Å²) in [5.41, 5.74) is 11.4. The van der Waals surface area contributed by atoms with Gasteiger partial charge in [-0.1, -0.05) is 30.7 Å². The van der Waals surface area contributed by atoms with Gasteiger partial charge >= 0.3 is 5.97 Å². The zero-order chi connectivity index (χ0) is 19.1. The number of H-pyrrole nitrogens is 2. The third-order valence-electron chi connectivity index (χ3n) is 4.80. The van der Waals surface area contributed by atoms with Gasteiger partial charge in [-0.2, -0.15) is 0 Å². The number of nitrogens with two attached hydrogens (primary N) is 1. The van der Waals surface area contributed by atoms with Crippen LogP contribution < -0.4 is 5.73 Å². The van der Waals surface area contributed by atoms with Gasteiger partial charge < -0.3 is 20.8 Å². The summed E-state index contributed by atoms with van der Waals surface area (Å²) in [6.45, 7) is 2.00. The van der Waals surface area contributed by atoms with Gasteiger partial charge in [0.1, 0.15) is 5.69 Å². The minimum atomic E-state index is -1.04. The van der Waals surface area contributed by atoms with Gasteiger partial charge in [0.15, 0.2) is 0 Å². The highest BCUT2D eigenvalue weighted by molar-refractivity contribution is 6.33. The van der Waals surface area contributed by atoms with Gasteiger partial charge in [-0.15, -0.1) is 0 Å². The summed E-state index contributed by atoms with van der Waals surface area (Å²) in [6.07, 6.45) is 2.51. The Hall–Kier alpha value is -3.18. The number of aromatic nitrogens is 2. The molecule has 0 unspecified atom stereocenters. The van der Waals surface area contributed by atoms with Crippen LogP contribution >= 0.6 is 11.6 Å². The summed E-state index contributed by atoms with van der Waals surface area (Å²) in [4.78, 5) is 18.3. The predicted octanol–water partition coefficient (Wildman–Crippen LogP) is 5.33. The number of nitrogen functional groups attached to an aromatic ring is 1. The summed E-state index contributed by atoms with van der Waals surface area (Å²) in [6, 6.07) is 13.0. The van der Waals surface area contributed by atoms with E-state index in [9.17, 15) is 9.90 Å². The van der Waals surface area contributed by atoms with Crippen LogP contribution in [-0.4, -0.2) is 21.0 Å². The smallest absolute Gasteiger partial charge is 0.352 e. The number of hydrogen-bond acceptors (Lipinski definition) is 2. The van der Waals surface area contributed by atoms with Crippen LogP contribution in [0.5, 0.6) is 0 Å². The second kappa shape index (κ2) is 6.52. The molecule has 0 amide bonds. The Kier molecular flexibility index (Phi) is 4.16. The van der Waals surface area contributed by atoms with Crippen LogP contribution in [0.1, 0.15) is 23.0 Å². The summed E-state index contributed by atoms with van der Waals surface area (Å²) in [5.74, 6) is -1.04. The number of aromatic carboxylic acids is 1. The molecule has 2 aromatic heterocycles. The molecule has 5 N–H and O–H groups in total. The lowest BCUT2D eigenvalue weighted by Crippen LogP contribution is -2.00. The van der Waals surface area contributed by atoms with Gasteiger partial charge in [0.2, 0.25) is 0 Å². The van der Waals surface area contributed by atoms with Crippen LogP contribution in [0.2, 0.25) is 5.02 Å². The molecule has 6 heteroatoms. The van der Waals surface area contributed by atoms with Crippen molar-refractivity contribution in [2.45, 2.75) is 13.3 Å². The molecule has 0 atom stereocenters. The number of fused-ring (bicyclic) bond motifs is 1. The van der Waals surface area contributed by atoms with Crippen molar-refractivity contribution in [2.75, 3.05) is 5.73 Å². The molecule has 27 heavy (non-hydrogen) atoms. The summed E-state index contributed by atoms with van der Waals surface area (Å²) in [7, 11) is 0. The third-order valence-corrected chi connectivity index (χ3v) is 5.12. The van der Waals surface area contributed by atoms with E-state index in [0.29, 0.717) is 28.3 Å². The van der Waals surface area contributed by atoms with E-state index in [1.807, 2.05) is 37.4 Å². The van der Waals surface area contributed by atoms with Crippen molar-refractivity contribution in [2.24, 2.45) is 0 Å². The average molecular weight is 380 g/mol. The molecule has 5 nitrogen and oxygen atoms in total. The van der Waals surface area contributed by atoms with Crippen molar-refractivity contribution in [3.63, 3.8) is 0 Å². The van der Waals surface area contributed by atoms with Crippen molar-refractivity contribution in [3.8, 4) is 22.4 Å². The Bertz CT molecular complexity index is 1170. The molecule has 0 aliphatic carbocycles. The minimum Gasteiger partial charge on any atom is -0.477 e. The molecular weight excluding hydrogens is 362 g/mol. The molecule has 0 saturated heterocycles. The number of rotatable bonds is 4. The Morgan fingerprint density at radius 2 is 2.00 bits per heavy atom. The number of carbonyl (C=O) groups is 1. The molecule has 0 fully saturated rings. The topological polar surface area (TPSA) is 94.9 Å². The van der Waals surface area contributed by atoms with E-state index >= 15 is 0 Å². The molecule has 0 bridgehead atoms. The lowest BCUT2D eigenvalue weighted by Gasteiger charge is -2.10. The molecule has 4 aromatic rings. The summed E-state index contributed by atoms with van der Waals surface area (Å²) >= 11 is 6.40. The second-order valence-corrected chi connectivity index (χ2v) is 6.78. The highest BCUT2D eigenvalue weighted by Crippen LogP contribution is 2.41. The van der Waals surface area contributed by atoms with Crippen molar-refractivity contribution >= 4 is 34.2 Å². The maximum Gasteiger partial charge on any atom is 0.352 e. The molecule has 0 spiro atoms. The first kappa shape index (κ1) is 17.2. The molecule has 4 rings (SSSR count). The number of anilines is 1. The molecule has 0 saturated carbocycles. The van der Waals surface area contributed by atoms with Gasteiger partial charge in [-0.3, -0.25) is 0 Å². The number of benzene rings is 2. The van der Waals surface area contributed by atoms with E-state index in [2.05, 4.69) is 9.97 Å². The fourth-order valence-corrected chi connectivity index (χ4v) is 3.83. The van der Waals surface area contributed by atoms with Crippen LogP contribution in [0.15, 0.2) is 48.7 Å². The molecule has 0 aliphatic heterocycles. The molecule has 136 valence electrons. The van der Waals surface area contributed by atoms with E-state index in [0.717, 1.165) is 27.7 Å². The quantitative estimate of drug-likeness (QED) is 0.361. The highest BCUT2D eigenvalue weighted by atomic mass is 35.5. The number of hydrogen-bond donors (Lipinski definition) is 4. The van der Waals surface area contributed by atoms with Gasteiger partial charge in [0.05, 0.1) is 5.69 Å². The standard InChI is InChI=1S/C21H18ClN3O2/c1-2-12-18(15-10-11(23)6-7-16(15)22)20(21(26)27)25-19(12)14-4-3-5-17-13(14)8-9-24-17/h3-10,24-25H,2,23H2,1H3,(H,26,27). The summed E-state index contributed by atoms with van der Waals surface area (Å²) in [5, 5.41) is 11.3. The largest absolute Gasteiger partial charge is 0.477 e. The van der Waals surface area contributed by atoms with Gasteiger partial charge in [-0.05, 0) is 42.3 Å². The van der Waals surface area contributed by atoms with Crippen LogP contribution in [0, 0.1) is 0 Å². The summed E-state index contributed by atoms with van der Waals surface area (Å²) < 4.78 is 0. The van der Waals surface area contributed by atoms with Crippen LogP contribution in [-0.2, 0) is 6.42 Å². The molecule has 2 aromatic carbocycles. The van der Waals surface area contributed by atoms with E-state index < -0.39 is 5.97 Å². The Balaban J connectivity index is 2.07. The Labute approximate surface area is 160 Å². The minimum absolute atomic E-state index is 0.113. The number of aromatic amines is 2. The molecule has 0 radical (unpaired) electrons. The monoisotopic (exact) mass is 379 g/mol. The lowest BCUT2D eigenvalue weighted by atomic mass is 9.95. The molecule has 0 aliphatic rings. The highest BCUT2D eigenvalue weighted by Gasteiger charge is 2.25. The van der Waals surface area contributed by atoms with E-state index in [-0.39, 0.29) is 5.69 Å². The van der Waals surface area contributed by atoms with E-state index in [1.165, 1.54) is 0 Å².